The summed E-state index contributed by atoms with van der Waals surface area (Å²) in [6.07, 6.45) is 2.27. The average molecular weight is 263 g/mol. The highest BCUT2D eigenvalue weighted by molar-refractivity contribution is 5.92. The standard InChI is InChI=1S/C10H9N5O4/c1-19-10(18)7-3-8(15-5-12-13-14-15)11-4-6(7)2-9(16)17/h3-5H,2H2,1H3,(H,16,17). The molecule has 0 aliphatic heterocycles. The van der Waals surface area contributed by atoms with Crippen molar-refractivity contribution >= 4 is 11.9 Å². The van der Waals surface area contributed by atoms with Gasteiger partial charge in [-0.2, -0.15) is 4.68 Å². The number of carboxylic acid groups (broad SMARTS) is 1. The van der Waals surface area contributed by atoms with Gasteiger partial charge in [-0.1, -0.05) is 0 Å². The van der Waals surface area contributed by atoms with Gasteiger partial charge >= 0.3 is 11.9 Å². The smallest absolute Gasteiger partial charge is 0.338 e. The number of carbonyl (C=O) groups is 2. The second-order valence-corrected chi connectivity index (χ2v) is 3.52. The molecule has 0 aliphatic rings. The van der Waals surface area contributed by atoms with Gasteiger partial charge in [0, 0.05) is 6.20 Å². The maximum atomic E-state index is 11.6. The van der Waals surface area contributed by atoms with Crippen molar-refractivity contribution in [3.05, 3.63) is 29.7 Å². The molecule has 0 unspecified atom stereocenters. The molecule has 2 rings (SSSR count). The first-order chi connectivity index (χ1) is 9.11. The summed E-state index contributed by atoms with van der Waals surface area (Å²) < 4.78 is 5.86. The highest BCUT2D eigenvalue weighted by Crippen LogP contribution is 2.14. The zero-order valence-corrected chi connectivity index (χ0v) is 9.85. The number of carbonyl (C=O) groups excluding carboxylic acids is 1. The molecule has 9 nitrogen and oxygen atoms in total. The predicted molar refractivity (Wildman–Crippen MR) is 59.6 cm³/mol. The molecule has 19 heavy (non-hydrogen) atoms. The number of ether oxygens (including phenoxy) is 1. The number of tetrazole rings is 1. The molecule has 9 heteroatoms. The summed E-state index contributed by atoms with van der Waals surface area (Å²) in [5.74, 6) is -1.42. The average Bonchev–Trinajstić information content (AvgIpc) is 2.91. The quantitative estimate of drug-likeness (QED) is 0.731. The van der Waals surface area contributed by atoms with Crippen molar-refractivity contribution in [2.24, 2.45) is 0 Å². The fourth-order valence-electron chi connectivity index (χ4n) is 1.47. The maximum Gasteiger partial charge on any atom is 0.338 e. The van der Waals surface area contributed by atoms with E-state index in [1.54, 1.807) is 0 Å². The number of rotatable bonds is 4. The van der Waals surface area contributed by atoms with E-state index in [-0.39, 0.29) is 17.5 Å². The maximum absolute atomic E-state index is 11.6. The van der Waals surface area contributed by atoms with Crippen LogP contribution in [0.4, 0.5) is 0 Å². The normalized spacial score (nSPS) is 10.2. The van der Waals surface area contributed by atoms with Crippen LogP contribution in [0, 0.1) is 0 Å². The van der Waals surface area contributed by atoms with Gasteiger partial charge in [-0.05, 0) is 22.1 Å². The van der Waals surface area contributed by atoms with Gasteiger partial charge in [-0.15, -0.1) is 5.10 Å². The van der Waals surface area contributed by atoms with Crippen LogP contribution in [0.1, 0.15) is 15.9 Å². The minimum atomic E-state index is -1.07. The molecule has 0 fully saturated rings. The van der Waals surface area contributed by atoms with Crippen LogP contribution in [0.25, 0.3) is 5.82 Å². The molecule has 1 N–H and O–H groups in total. The van der Waals surface area contributed by atoms with E-state index in [2.05, 4.69) is 25.2 Å². The minimum Gasteiger partial charge on any atom is -0.481 e. The lowest BCUT2D eigenvalue weighted by Crippen LogP contribution is -2.12. The van der Waals surface area contributed by atoms with Gasteiger partial charge in [-0.25, -0.2) is 9.78 Å². The lowest BCUT2D eigenvalue weighted by molar-refractivity contribution is -0.136. The van der Waals surface area contributed by atoms with E-state index in [9.17, 15) is 9.59 Å². The van der Waals surface area contributed by atoms with Crippen molar-refractivity contribution in [1.82, 2.24) is 25.2 Å². The molecule has 2 heterocycles. The minimum absolute atomic E-state index is 0.116. The van der Waals surface area contributed by atoms with Crippen LogP contribution in [0.2, 0.25) is 0 Å². The van der Waals surface area contributed by atoms with Crippen LogP contribution < -0.4 is 0 Å². The van der Waals surface area contributed by atoms with E-state index in [1.807, 2.05) is 0 Å². The molecule has 0 spiro atoms. The Bertz CT molecular complexity index is 610. The Morgan fingerprint density at radius 2 is 2.26 bits per heavy atom. The van der Waals surface area contributed by atoms with Gasteiger partial charge in [0.1, 0.15) is 6.33 Å². The number of hydrogen-bond acceptors (Lipinski definition) is 7. The molecule has 2 aromatic heterocycles. The van der Waals surface area contributed by atoms with Crippen LogP contribution in [0.15, 0.2) is 18.6 Å². The molecule has 0 radical (unpaired) electrons. The summed E-state index contributed by atoms with van der Waals surface area (Å²) in [7, 11) is 1.21. The van der Waals surface area contributed by atoms with Gasteiger partial charge in [0.25, 0.3) is 0 Å². The van der Waals surface area contributed by atoms with Gasteiger partial charge in [0.2, 0.25) is 0 Å². The van der Waals surface area contributed by atoms with Crippen molar-refractivity contribution in [2.45, 2.75) is 6.42 Å². The molecule has 98 valence electrons. The lowest BCUT2D eigenvalue weighted by atomic mass is 10.1. The van der Waals surface area contributed by atoms with Crippen LogP contribution in [-0.2, 0) is 16.0 Å². The number of methoxy groups -OCH3 is 1. The Kier molecular flexibility index (Phi) is 3.46. The molecular formula is C10H9N5O4. The Morgan fingerprint density at radius 3 is 2.84 bits per heavy atom. The fourth-order valence-corrected chi connectivity index (χ4v) is 1.47. The monoisotopic (exact) mass is 263 g/mol. The van der Waals surface area contributed by atoms with E-state index in [4.69, 9.17) is 5.11 Å². The first-order valence-electron chi connectivity index (χ1n) is 5.14. The highest BCUT2D eigenvalue weighted by Gasteiger charge is 2.16. The van der Waals surface area contributed by atoms with E-state index in [1.165, 1.54) is 30.4 Å². The zero-order valence-electron chi connectivity index (χ0n) is 9.85. The van der Waals surface area contributed by atoms with E-state index < -0.39 is 11.9 Å². The summed E-state index contributed by atoms with van der Waals surface area (Å²) in [5, 5.41) is 19.3. The van der Waals surface area contributed by atoms with Crippen molar-refractivity contribution in [1.29, 1.82) is 0 Å². The zero-order chi connectivity index (χ0) is 13.8. The van der Waals surface area contributed by atoms with Gasteiger partial charge < -0.3 is 9.84 Å². The second-order valence-electron chi connectivity index (χ2n) is 3.52. The van der Waals surface area contributed by atoms with E-state index >= 15 is 0 Å². The third-order valence-corrected chi connectivity index (χ3v) is 2.30. The predicted octanol–water partition coefficient (Wildman–Crippen LogP) is -0.529. The Labute approximate surface area is 106 Å². The number of carboxylic acids is 1. The number of aliphatic carboxylic acids is 1. The van der Waals surface area contributed by atoms with Crippen LogP contribution in [0.5, 0.6) is 0 Å². The summed E-state index contributed by atoms with van der Waals surface area (Å²) in [6.45, 7) is 0. The Morgan fingerprint density at radius 1 is 1.47 bits per heavy atom. The molecule has 0 atom stereocenters. The van der Waals surface area contributed by atoms with Crippen molar-refractivity contribution in [2.75, 3.05) is 7.11 Å². The first-order valence-corrected chi connectivity index (χ1v) is 5.14. The summed E-state index contributed by atoms with van der Waals surface area (Å²) in [4.78, 5) is 26.4. The second kappa shape index (κ2) is 5.21. The lowest BCUT2D eigenvalue weighted by Gasteiger charge is -2.07. The highest BCUT2D eigenvalue weighted by atomic mass is 16.5. The van der Waals surface area contributed by atoms with Gasteiger partial charge in [0.15, 0.2) is 5.82 Å². The number of esters is 1. The molecule has 0 amide bonds. The molecule has 0 saturated heterocycles. The molecule has 0 aromatic carbocycles. The van der Waals surface area contributed by atoms with Gasteiger partial charge in [-0.3, -0.25) is 4.79 Å². The largest absolute Gasteiger partial charge is 0.481 e. The van der Waals surface area contributed by atoms with Crippen molar-refractivity contribution in [3.63, 3.8) is 0 Å². The number of hydrogen-bond donors (Lipinski definition) is 1. The Balaban J connectivity index is 2.47. The summed E-state index contributed by atoms with van der Waals surface area (Å²) in [5.41, 5.74) is 0.376. The number of pyridine rings is 1. The number of nitrogens with zero attached hydrogens (tertiary/aromatic N) is 5. The van der Waals surface area contributed by atoms with Crippen LogP contribution in [-0.4, -0.2) is 49.3 Å². The topological polar surface area (TPSA) is 120 Å². The van der Waals surface area contributed by atoms with E-state index in [0.29, 0.717) is 5.82 Å². The molecule has 0 saturated carbocycles. The van der Waals surface area contributed by atoms with Gasteiger partial charge in [0.05, 0.1) is 19.1 Å². The molecular weight excluding hydrogens is 254 g/mol. The third-order valence-electron chi connectivity index (χ3n) is 2.30. The summed E-state index contributed by atoms with van der Waals surface area (Å²) in [6, 6.07) is 1.38. The first kappa shape index (κ1) is 12.6. The molecule has 0 bridgehead atoms. The Hall–Kier alpha value is -2.84. The SMILES string of the molecule is COC(=O)c1cc(-n2cnnn2)ncc1CC(=O)O. The summed E-state index contributed by atoms with van der Waals surface area (Å²) >= 11 is 0. The fraction of sp³-hybridized carbons (Fsp3) is 0.200. The third kappa shape index (κ3) is 2.70. The van der Waals surface area contributed by atoms with Crippen molar-refractivity contribution in [3.8, 4) is 5.82 Å². The van der Waals surface area contributed by atoms with E-state index in [0.717, 1.165) is 0 Å². The van der Waals surface area contributed by atoms with Crippen molar-refractivity contribution < 1.29 is 19.4 Å². The molecule has 0 aliphatic carbocycles. The van der Waals surface area contributed by atoms with Crippen LogP contribution in [0.3, 0.4) is 0 Å². The number of aromatic nitrogens is 5. The molecule has 2 aromatic rings. The van der Waals surface area contributed by atoms with Crippen LogP contribution >= 0.6 is 0 Å².